The maximum atomic E-state index is 12.8. The molecule has 8 aromatic carbocycles. The molecule has 56 heavy (non-hydrogen) atoms. The third-order valence-corrected chi connectivity index (χ3v) is 10.8. The molecule has 0 spiro atoms. The molecule has 0 N–H and O–H groups in total. The van der Waals surface area contributed by atoms with Crippen molar-refractivity contribution in [2.45, 2.75) is 0 Å². The van der Waals surface area contributed by atoms with E-state index >= 15 is 0 Å². The summed E-state index contributed by atoms with van der Waals surface area (Å²) >= 11 is 0. The Bertz CT molecular complexity index is 3110. The first-order valence-corrected chi connectivity index (χ1v) is 18.7. The van der Waals surface area contributed by atoms with Gasteiger partial charge >= 0.3 is 5.69 Å². The zero-order chi connectivity index (χ0) is 37.8. The Kier molecular flexibility index (Phi) is 7.96. The highest BCUT2D eigenvalue weighted by atomic mass is 16.1. The van der Waals surface area contributed by atoms with Crippen LogP contribution in [0.1, 0.15) is 0 Å². The number of benzene rings is 8. The van der Waals surface area contributed by atoms with Crippen molar-refractivity contribution in [3.05, 3.63) is 186 Å². The fraction of sp³-hybridized carbons (Fsp3) is 0.0400. The Labute approximate surface area is 323 Å². The van der Waals surface area contributed by atoms with E-state index in [0.717, 1.165) is 44.4 Å². The number of imidazole rings is 1. The summed E-state index contributed by atoms with van der Waals surface area (Å²) in [5.41, 5.74) is 11.1. The summed E-state index contributed by atoms with van der Waals surface area (Å²) in [4.78, 5) is 28.0. The molecule has 0 bridgehead atoms. The van der Waals surface area contributed by atoms with Crippen LogP contribution in [0, 0.1) is 0 Å². The van der Waals surface area contributed by atoms with Gasteiger partial charge in [0, 0.05) is 30.8 Å². The molecule has 6 nitrogen and oxygen atoms in total. The second kappa shape index (κ2) is 13.4. The van der Waals surface area contributed by atoms with Crippen LogP contribution in [0.5, 0.6) is 0 Å². The van der Waals surface area contributed by atoms with Crippen LogP contribution in [-0.2, 0) is 14.1 Å². The quantitative estimate of drug-likeness (QED) is 0.160. The van der Waals surface area contributed by atoms with Crippen molar-refractivity contribution in [2.75, 3.05) is 0 Å². The minimum absolute atomic E-state index is 0.0587. The summed E-state index contributed by atoms with van der Waals surface area (Å²) in [5, 5.41) is 4.85. The second-order valence-corrected chi connectivity index (χ2v) is 14.1. The highest BCUT2D eigenvalue weighted by Gasteiger charge is 2.19. The number of hydrogen-bond donors (Lipinski definition) is 0. The lowest BCUT2D eigenvalue weighted by molar-refractivity contribution is 0.795. The predicted molar refractivity (Wildman–Crippen MR) is 229 cm³/mol. The van der Waals surface area contributed by atoms with Crippen LogP contribution < -0.4 is 5.69 Å². The van der Waals surface area contributed by atoms with Crippen molar-refractivity contribution in [1.29, 1.82) is 0 Å². The summed E-state index contributed by atoms with van der Waals surface area (Å²) in [5.74, 6) is 1.76. The van der Waals surface area contributed by atoms with Crippen molar-refractivity contribution in [3.63, 3.8) is 0 Å². The lowest BCUT2D eigenvalue weighted by atomic mass is 9.86. The van der Waals surface area contributed by atoms with E-state index in [1.807, 2.05) is 48.5 Å². The molecule has 0 fully saturated rings. The molecule has 2 heterocycles. The Hall–Kier alpha value is -7.44. The monoisotopic (exact) mass is 721 g/mol. The first-order valence-electron chi connectivity index (χ1n) is 18.7. The molecule has 0 radical (unpaired) electrons. The second-order valence-electron chi connectivity index (χ2n) is 14.1. The smallest absolute Gasteiger partial charge is 0.295 e. The molecule has 266 valence electrons. The zero-order valence-electron chi connectivity index (χ0n) is 30.9. The lowest BCUT2D eigenvalue weighted by Crippen LogP contribution is -2.19. The third kappa shape index (κ3) is 5.50. The first-order chi connectivity index (χ1) is 27.5. The number of fused-ring (bicyclic) bond motifs is 3. The average molecular weight is 722 g/mol. The molecule has 6 heteroatoms. The highest BCUT2D eigenvalue weighted by molar-refractivity contribution is 6.21. The van der Waals surface area contributed by atoms with Gasteiger partial charge in [0.1, 0.15) is 0 Å². The largest absolute Gasteiger partial charge is 0.328 e. The van der Waals surface area contributed by atoms with Crippen LogP contribution in [0.4, 0.5) is 0 Å². The predicted octanol–water partition coefficient (Wildman–Crippen LogP) is 11.4. The summed E-state index contributed by atoms with van der Waals surface area (Å²) in [7, 11) is 3.61. The first kappa shape index (κ1) is 33.2. The molecular weight excluding hydrogens is 687 g/mol. The number of aryl methyl sites for hydroxylation is 2. The molecular formula is C50H35N5O. The molecule has 0 saturated carbocycles. The van der Waals surface area contributed by atoms with Gasteiger partial charge in [0.15, 0.2) is 17.5 Å². The van der Waals surface area contributed by atoms with Crippen molar-refractivity contribution >= 4 is 32.6 Å². The minimum atomic E-state index is -0.0587. The highest BCUT2D eigenvalue weighted by Crippen LogP contribution is 2.44. The van der Waals surface area contributed by atoms with E-state index in [-0.39, 0.29) is 5.69 Å². The Morgan fingerprint density at radius 2 is 0.750 bits per heavy atom. The third-order valence-electron chi connectivity index (χ3n) is 10.8. The molecule has 0 atom stereocenters. The van der Waals surface area contributed by atoms with E-state index in [9.17, 15) is 4.79 Å². The number of aromatic nitrogens is 5. The van der Waals surface area contributed by atoms with Gasteiger partial charge in [0.25, 0.3) is 0 Å². The van der Waals surface area contributed by atoms with Crippen LogP contribution >= 0.6 is 0 Å². The molecule has 0 aliphatic carbocycles. The molecule has 2 aromatic heterocycles. The topological polar surface area (TPSA) is 65.6 Å². The van der Waals surface area contributed by atoms with E-state index in [2.05, 4.69) is 127 Å². The average Bonchev–Trinajstić information content (AvgIpc) is 3.48. The molecule has 0 aliphatic rings. The summed E-state index contributed by atoms with van der Waals surface area (Å²) < 4.78 is 3.36. The molecule has 0 saturated heterocycles. The minimum Gasteiger partial charge on any atom is -0.295 e. The van der Waals surface area contributed by atoms with E-state index in [0.29, 0.717) is 17.5 Å². The zero-order valence-corrected chi connectivity index (χ0v) is 30.9. The van der Waals surface area contributed by atoms with Crippen LogP contribution in [0.15, 0.2) is 181 Å². The van der Waals surface area contributed by atoms with E-state index in [4.69, 9.17) is 15.0 Å². The summed E-state index contributed by atoms with van der Waals surface area (Å²) in [6.07, 6.45) is 0. The van der Waals surface area contributed by atoms with Crippen molar-refractivity contribution < 1.29 is 0 Å². The molecule has 0 amide bonds. The maximum absolute atomic E-state index is 12.8. The standard InChI is InChI=1S/C50H35N5O/c1-54-43-30-29-36(31-44(43)55(2)50(54)56)37-19-9-14-24-42(37)49-52-47(34-17-7-4-8-18-34)51-48(53-49)35-27-25-33(26-28-35)46-40-22-12-10-20-38(40)45(32-15-5-3-6-16-32)39-21-11-13-23-41(39)46/h3-31H,1-2H3. The number of nitrogens with zero attached hydrogens (tertiary/aromatic N) is 5. The fourth-order valence-electron chi connectivity index (χ4n) is 8.09. The molecule has 10 aromatic rings. The van der Waals surface area contributed by atoms with Crippen LogP contribution in [0.2, 0.25) is 0 Å². The SMILES string of the molecule is Cn1c(=O)n(C)c2cc(-c3ccccc3-c3nc(-c4ccccc4)nc(-c4ccc(-c5c6ccccc6c(-c6ccccc6)c6ccccc56)cc4)n3)ccc21. The van der Waals surface area contributed by atoms with E-state index < -0.39 is 0 Å². The van der Waals surface area contributed by atoms with Gasteiger partial charge in [-0.25, -0.2) is 19.7 Å². The van der Waals surface area contributed by atoms with E-state index in [1.54, 1.807) is 23.2 Å². The van der Waals surface area contributed by atoms with Gasteiger partial charge < -0.3 is 0 Å². The normalized spacial score (nSPS) is 11.5. The molecule has 0 unspecified atom stereocenters. The van der Waals surface area contributed by atoms with Gasteiger partial charge in [-0.1, -0.05) is 164 Å². The van der Waals surface area contributed by atoms with Crippen molar-refractivity contribution in [1.82, 2.24) is 24.1 Å². The molecule has 10 rings (SSSR count). The van der Waals surface area contributed by atoms with Crippen LogP contribution in [0.3, 0.4) is 0 Å². The van der Waals surface area contributed by atoms with Crippen LogP contribution in [-0.4, -0.2) is 24.1 Å². The Balaban J connectivity index is 1.12. The van der Waals surface area contributed by atoms with Crippen LogP contribution in [0.25, 0.3) is 100 Å². The Morgan fingerprint density at radius 1 is 0.357 bits per heavy atom. The fourth-order valence-corrected chi connectivity index (χ4v) is 8.09. The summed E-state index contributed by atoms with van der Waals surface area (Å²) in [6, 6.07) is 61.0. The van der Waals surface area contributed by atoms with Gasteiger partial charge in [-0.2, -0.15) is 0 Å². The molecule has 0 aliphatic heterocycles. The summed E-state index contributed by atoms with van der Waals surface area (Å²) in [6.45, 7) is 0. The van der Waals surface area contributed by atoms with E-state index in [1.165, 1.54) is 38.2 Å². The van der Waals surface area contributed by atoms with Gasteiger partial charge in [-0.3, -0.25) is 9.13 Å². The number of rotatable bonds is 6. The van der Waals surface area contributed by atoms with Gasteiger partial charge in [-0.15, -0.1) is 0 Å². The Morgan fingerprint density at radius 3 is 1.32 bits per heavy atom. The van der Waals surface area contributed by atoms with Crippen molar-refractivity contribution in [3.8, 4) is 67.5 Å². The van der Waals surface area contributed by atoms with Crippen molar-refractivity contribution in [2.24, 2.45) is 14.1 Å². The lowest BCUT2D eigenvalue weighted by Gasteiger charge is -2.18. The van der Waals surface area contributed by atoms with Gasteiger partial charge in [-0.05, 0) is 67.1 Å². The van der Waals surface area contributed by atoms with Gasteiger partial charge in [0.05, 0.1) is 11.0 Å². The number of hydrogen-bond acceptors (Lipinski definition) is 4. The maximum Gasteiger partial charge on any atom is 0.328 e. The van der Waals surface area contributed by atoms with Gasteiger partial charge in [0.2, 0.25) is 0 Å².